The van der Waals surface area contributed by atoms with Gasteiger partial charge in [0.15, 0.2) is 10.8 Å². The van der Waals surface area contributed by atoms with Gasteiger partial charge in [-0.15, -0.1) is 21.5 Å². The zero-order valence-electron chi connectivity index (χ0n) is 13.7. The fourth-order valence-electron chi connectivity index (χ4n) is 2.38. The molecule has 3 aromatic rings. The van der Waals surface area contributed by atoms with Crippen LogP contribution in [0.2, 0.25) is 4.34 Å². The average molecular weight is 417 g/mol. The van der Waals surface area contributed by atoms with Crippen LogP contribution in [0.3, 0.4) is 0 Å². The first kappa shape index (κ1) is 18.7. The number of sulfonamides is 1. The monoisotopic (exact) mass is 416 g/mol. The highest BCUT2D eigenvalue weighted by atomic mass is 35.5. The van der Waals surface area contributed by atoms with Crippen molar-refractivity contribution < 1.29 is 8.42 Å². The molecule has 0 radical (unpaired) electrons. The standard InChI is InChI=1S/C15H17ClN4O2S3/c1-3-19(4-2)25(21,22)12-6-8-14-17-18-15(20(14)9-12)23-10-11-5-7-13(16)24-11/h5-9H,3-4,10H2,1-2H3. The van der Waals surface area contributed by atoms with Crippen molar-refractivity contribution in [2.75, 3.05) is 13.1 Å². The molecule has 0 atom stereocenters. The molecule has 3 rings (SSSR count). The van der Waals surface area contributed by atoms with Crippen LogP contribution in [0.4, 0.5) is 0 Å². The Morgan fingerprint density at radius 1 is 1.20 bits per heavy atom. The van der Waals surface area contributed by atoms with E-state index in [1.807, 2.05) is 26.0 Å². The Labute approximate surface area is 159 Å². The quantitative estimate of drug-likeness (QED) is 0.548. The van der Waals surface area contributed by atoms with E-state index in [9.17, 15) is 8.42 Å². The third kappa shape index (κ3) is 3.85. The highest BCUT2D eigenvalue weighted by Gasteiger charge is 2.22. The zero-order valence-corrected chi connectivity index (χ0v) is 16.9. The molecule has 134 valence electrons. The van der Waals surface area contributed by atoms with Crippen LogP contribution in [0.25, 0.3) is 5.65 Å². The van der Waals surface area contributed by atoms with Crippen molar-refractivity contribution in [3.63, 3.8) is 0 Å². The molecular formula is C15H17ClN4O2S3. The van der Waals surface area contributed by atoms with Gasteiger partial charge in [0.25, 0.3) is 0 Å². The Bertz CT molecular complexity index is 980. The molecule has 10 heteroatoms. The Hall–Kier alpha value is -1.13. The maximum absolute atomic E-state index is 12.7. The molecule has 0 aliphatic heterocycles. The molecule has 0 bridgehead atoms. The number of hydrogen-bond donors (Lipinski definition) is 0. The lowest BCUT2D eigenvalue weighted by Crippen LogP contribution is -2.30. The number of pyridine rings is 1. The van der Waals surface area contributed by atoms with Crippen LogP contribution in [0.15, 0.2) is 40.5 Å². The summed E-state index contributed by atoms with van der Waals surface area (Å²) in [6, 6.07) is 7.08. The van der Waals surface area contributed by atoms with E-state index < -0.39 is 10.0 Å². The molecule has 25 heavy (non-hydrogen) atoms. The minimum absolute atomic E-state index is 0.240. The van der Waals surface area contributed by atoms with Crippen molar-refractivity contribution in [3.05, 3.63) is 39.7 Å². The van der Waals surface area contributed by atoms with Gasteiger partial charge in [0, 0.05) is 29.9 Å². The van der Waals surface area contributed by atoms with Crippen LogP contribution in [0.5, 0.6) is 0 Å². The average Bonchev–Trinajstić information content (AvgIpc) is 3.19. The molecule has 0 fully saturated rings. The van der Waals surface area contributed by atoms with E-state index in [-0.39, 0.29) is 4.90 Å². The first-order chi connectivity index (χ1) is 12.0. The third-order valence-electron chi connectivity index (χ3n) is 3.66. The fraction of sp³-hybridized carbons (Fsp3) is 0.333. The van der Waals surface area contributed by atoms with Crippen molar-refractivity contribution in [2.45, 2.75) is 29.7 Å². The van der Waals surface area contributed by atoms with E-state index in [2.05, 4.69) is 10.2 Å². The number of halogens is 1. The lowest BCUT2D eigenvalue weighted by atomic mass is 10.5. The summed E-state index contributed by atoms with van der Waals surface area (Å²) in [5.74, 6) is 0.700. The van der Waals surface area contributed by atoms with Crippen molar-refractivity contribution in [1.82, 2.24) is 18.9 Å². The number of rotatable bonds is 7. The van der Waals surface area contributed by atoms with Gasteiger partial charge in [-0.25, -0.2) is 8.42 Å². The summed E-state index contributed by atoms with van der Waals surface area (Å²) < 4.78 is 29.3. The lowest BCUT2D eigenvalue weighted by Gasteiger charge is -2.18. The number of fused-ring (bicyclic) bond motifs is 1. The number of thioether (sulfide) groups is 1. The van der Waals surface area contributed by atoms with Crippen LogP contribution >= 0.6 is 34.7 Å². The number of thiophene rings is 1. The van der Waals surface area contributed by atoms with Crippen LogP contribution in [-0.4, -0.2) is 40.4 Å². The molecule has 3 aromatic heterocycles. The van der Waals surface area contributed by atoms with Gasteiger partial charge in [-0.3, -0.25) is 4.40 Å². The molecule has 0 saturated heterocycles. The zero-order chi connectivity index (χ0) is 18.0. The van der Waals surface area contributed by atoms with Crippen molar-refractivity contribution in [2.24, 2.45) is 0 Å². The molecule has 0 aromatic carbocycles. The van der Waals surface area contributed by atoms with Crippen molar-refractivity contribution in [1.29, 1.82) is 0 Å². The van der Waals surface area contributed by atoms with E-state index in [4.69, 9.17) is 11.6 Å². The fourth-order valence-corrected chi connectivity index (χ4v) is 5.88. The van der Waals surface area contributed by atoms with Gasteiger partial charge >= 0.3 is 0 Å². The normalized spacial score (nSPS) is 12.3. The summed E-state index contributed by atoms with van der Waals surface area (Å²) in [6.45, 7) is 4.51. The summed E-state index contributed by atoms with van der Waals surface area (Å²) >= 11 is 8.96. The number of hydrogen-bond acceptors (Lipinski definition) is 6. The topological polar surface area (TPSA) is 67.6 Å². The van der Waals surface area contributed by atoms with Crippen molar-refractivity contribution in [3.8, 4) is 0 Å². The summed E-state index contributed by atoms with van der Waals surface area (Å²) in [4.78, 5) is 1.36. The highest BCUT2D eigenvalue weighted by Crippen LogP contribution is 2.29. The molecule has 0 saturated carbocycles. The van der Waals surface area contributed by atoms with E-state index in [1.165, 1.54) is 27.4 Å². The Balaban J connectivity index is 1.91. The van der Waals surface area contributed by atoms with Crippen molar-refractivity contribution >= 4 is 50.4 Å². The summed E-state index contributed by atoms with van der Waals surface area (Å²) in [6.07, 6.45) is 1.59. The lowest BCUT2D eigenvalue weighted by molar-refractivity contribution is 0.445. The van der Waals surface area contributed by atoms with Crippen LogP contribution in [0, 0.1) is 0 Å². The second-order valence-corrected chi connectivity index (χ2v) is 9.84. The molecular weight excluding hydrogens is 400 g/mol. The smallest absolute Gasteiger partial charge is 0.244 e. The maximum Gasteiger partial charge on any atom is 0.244 e. The summed E-state index contributed by atoms with van der Waals surface area (Å²) in [7, 11) is -3.52. The van der Waals surface area contributed by atoms with Gasteiger partial charge < -0.3 is 0 Å². The Kier molecular flexibility index (Phi) is 5.69. The van der Waals surface area contributed by atoms with Gasteiger partial charge in [-0.05, 0) is 24.3 Å². The van der Waals surface area contributed by atoms with E-state index >= 15 is 0 Å². The van der Waals surface area contributed by atoms with Crippen LogP contribution in [-0.2, 0) is 15.8 Å². The largest absolute Gasteiger partial charge is 0.276 e. The molecule has 0 amide bonds. The van der Waals surface area contributed by atoms with E-state index in [0.29, 0.717) is 29.6 Å². The van der Waals surface area contributed by atoms with Gasteiger partial charge in [0.1, 0.15) is 0 Å². The predicted octanol–water partition coefficient (Wildman–Crippen LogP) is 3.77. The molecule has 0 unspecified atom stereocenters. The van der Waals surface area contributed by atoms with Gasteiger partial charge in [-0.1, -0.05) is 37.2 Å². The number of nitrogens with zero attached hydrogens (tertiary/aromatic N) is 4. The molecule has 0 aliphatic carbocycles. The summed E-state index contributed by atoms with van der Waals surface area (Å²) in [5.41, 5.74) is 0.616. The van der Waals surface area contributed by atoms with Crippen LogP contribution < -0.4 is 0 Å². The first-order valence-corrected chi connectivity index (χ1v) is 11.3. The SMILES string of the molecule is CCN(CC)S(=O)(=O)c1ccc2nnc(SCc3ccc(Cl)s3)n2c1. The Morgan fingerprint density at radius 3 is 2.60 bits per heavy atom. The molecule has 3 heterocycles. The molecule has 0 spiro atoms. The van der Waals surface area contributed by atoms with Gasteiger partial charge in [-0.2, -0.15) is 4.31 Å². The minimum atomic E-state index is -3.52. The maximum atomic E-state index is 12.7. The van der Waals surface area contributed by atoms with Gasteiger partial charge in [0.2, 0.25) is 10.0 Å². The van der Waals surface area contributed by atoms with E-state index in [0.717, 1.165) is 9.21 Å². The first-order valence-electron chi connectivity index (χ1n) is 7.67. The highest BCUT2D eigenvalue weighted by molar-refractivity contribution is 7.98. The molecule has 0 aliphatic rings. The minimum Gasteiger partial charge on any atom is -0.276 e. The third-order valence-corrected chi connectivity index (χ3v) is 8.10. The summed E-state index contributed by atoms with van der Waals surface area (Å²) in [5, 5.41) is 8.92. The number of aromatic nitrogens is 3. The van der Waals surface area contributed by atoms with E-state index in [1.54, 1.807) is 22.7 Å². The molecule has 0 N–H and O–H groups in total. The van der Waals surface area contributed by atoms with Gasteiger partial charge in [0.05, 0.1) is 9.23 Å². The second-order valence-electron chi connectivity index (χ2n) is 5.16. The molecule has 6 nitrogen and oxygen atoms in total. The predicted molar refractivity (Wildman–Crippen MR) is 102 cm³/mol. The second kappa shape index (κ2) is 7.63. The van der Waals surface area contributed by atoms with Crippen LogP contribution in [0.1, 0.15) is 18.7 Å². The Morgan fingerprint density at radius 2 is 1.96 bits per heavy atom.